The molecule has 268 valence electrons. The number of phenols is 1. The van der Waals surface area contributed by atoms with E-state index in [9.17, 15) is 37.5 Å². The van der Waals surface area contributed by atoms with Crippen molar-refractivity contribution < 1.29 is 47.4 Å². The molecule has 1 heterocycles. The average molecular weight is 700 g/mol. The zero-order valence-electron chi connectivity index (χ0n) is 27.0. The largest absolute Gasteiger partial charge is 0.508 e. The molecule has 0 unspecified atom stereocenters. The molecule has 0 saturated carbocycles. The van der Waals surface area contributed by atoms with Crippen molar-refractivity contribution in [1.29, 1.82) is 0 Å². The lowest BCUT2D eigenvalue weighted by atomic mass is 10.0. The van der Waals surface area contributed by atoms with Crippen molar-refractivity contribution in [2.45, 2.75) is 68.9 Å². The van der Waals surface area contributed by atoms with E-state index in [2.05, 4.69) is 10.6 Å². The van der Waals surface area contributed by atoms with Crippen molar-refractivity contribution >= 4 is 29.6 Å². The van der Waals surface area contributed by atoms with E-state index in [1.54, 1.807) is 29.2 Å². The van der Waals surface area contributed by atoms with E-state index in [-0.39, 0.29) is 42.9 Å². The summed E-state index contributed by atoms with van der Waals surface area (Å²) in [6.45, 7) is 0.494. The van der Waals surface area contributed by atoms with Crippen LogP contribution in [-0.4, -0.2) is 81.6 Å². The molecular weight excluding hydrogens is 659 g/mol. The third-order valence-electron chi connectivity index (χ3n) is 7.91. The maximum absolute atomic E-state index is 13.5. The molecule has 15 heteroatoms. The van der Waals surface area contributed by atoms with Gasteiger partial charge in [0, 0.05) is 31.8 Å². The number of carbonyl (C=O) groups excluding carboxylic acids is 4. The van der Waals surface area contributed by atoms with Crippen LogP contribution >= 0.6 is 0 Å². The Morgan fingerprint density at radius 1 is 0.800 bits per heavy atom. The number of amides is 4. The van der Waals surface area contributed by atoms with Crippen molar-refractivity contribution in [3.63, 3.8) is 0 Å². The van der Waals surface area contributed by atoms with E-state index >= 15 is 0 Å². The van der Waals surface area contributed by atoms with Crippen LogP contribution in [0.4, 0.5) is 13.2 Å². The first-order valence-corrected chi connectivity index (χ1v) is 15.7. The van der Waals surface area contributed by atoms with Gasteiger partial charge in [-0.2, -0.15) is 13.2 Å². The molecule has 0 aromatic heterocycles. The van der Waals surface area contributed by atoms with Crippen LogP contribution in [0.5, 0.6) is 5.75 Å². The number of aromatic hydroxyl groups is 1. The van der Waals surface area contributed by atoms with E-state index in [1.165, 1.54) is 0 Å². The topological polar surface area (TPSA) is 205 Å². The maximum Gasteiger partial charge on any atom is 0.490 e. The second-order valence-corrected chi connectivity index (χ2v) is 11.8. The number of alkyl halides is 3. The molecule has 1 aliphatic heterocycles. The van der Waals surface area contributed by atoms with Crippen LogP contribution in [0, 0.1) is 0 Å². The molecule has 0 radical (unpaired) electrons. The fourth-order valence-electron chi connectivity index (χ4n) is 5.40. The van der Waals surface area contributed by atoms with Gasteiger partial charge in [-0.25, -0.2) is 4.79 Å². The van der Waals surface area contributed by atoms with Gasteiger partial charge >= 0.3 is 12.1 Å². The predicted molar refractivity (Wildman–Crippen MR) is 176 cm³/mol. The number of aliphatic carboxylic acids is 1. The van der Waals surface area contributed by atoms with Crippen LogP contribution < -0.4 is 22.1 Å². The molecule has 3 aromatic rings. The normalized spacial score (nSPS) is 15.8. The number of likely N-dealkylation sites (tertiary alicyclic amines) is 1. The van der Waals surface area contributed by atoms with E-state index < -0.39 is 42.1 Å². The Balaban J connectivity index is 0.000000872. The Morgan fingerprint density at radius 2 is 1.30 bits per heavy atom. The van der Waals surface area contributed by atoms with Crippen molar-refractivity contribution in [2.75, 3.05) is 6.54 Å². The highest BCUT2D eigenvalue weighted by Gasteiger charge is 2.38. The number of nitrogens with one attached hydrogen (secondary N) is 2. The highest BCUT2D eigenvalue weighted by molar-refractivity contribution is 5.92. The Morgan fingerprint density at radius 3 is 1.80 bits per heavy atom. The number of hydrogen-bond donors (Lipinski definition) is 6. The number of halogens is 3. The first-order valence-electron chi connectivity index (χ1n) is 15.7. The Kier molecular flexibility index (Phi) is 14.3. The second-order valence-electron chi connectivity index (χ2n) is 11.8. The molecule has 1 saturated heterocycles. The van der Waals surface area contributed by atoms with E-state index in [4.69, 9.17) is 21.4 Å². The van der Waals surface area contributed by atoms with Crippen molar-refractivity contribution in [2.24, 2.45) is 11.5 Å². The lowest BCUT2D eigenvalue weighted by molar-refractivity contribution is -0.192. The van der Waals surface area contributed by atoms with Gasteiger partial charge in [-0.3, -0.25) is 19.2 Å². The van der Waals surface area contributed by atoms with Gasteiger partial charge in [-0.15, -0.1) is 0 Å². The van der Waals surface area contributed by atoms with Gasteiger partial charge < -0.3 is 37.2 Å². The standard InChI is InChI=1S/C33H39N5O5.C2HF3O2/c34-27(18-24-13-15-26(39)16-14-24)33(43)38-17-7-12-25(38)21-30(40)36-29(20-23-10-5-2-6-11-23)32(42)37-28(31(35)41)19-22-8-3-1-4-9-22;3-2(4,5)1(6)7/h1-6,8-11,13-16,25,27-29,39H,7,12,17-21,34H2,(H2,35,41)(H,36,40)(H,37,42);(H,6,7)/t25-,27-,28-,29-;/m0./s1. The third-order valence-corrected chi connectivity index (χ3v) is 7.91. The second kappa shape index (κ2) is 18.4. The van der Waals surface area contributed by atoms with Crippen LogP contribution in [-0.2, 0) is 43.2 Å². The quantitative estimate of drug-likeness (QED) is 0.156. The van der Waals surface area contributed by atoms with E-state index in [0.717, 1.165) is 23.1 Å². The Hall–Kier alpha value is -5.44. The molecule has 8 N–H and O–H groups in total. The minimum atomic E-state index is -5.08. The first-order chi connectivity index (χ1) is 23.6. The minimum absolute atomic E-state index is 0.0134. The number of rotatable bonds is 13. The fourth-order valence-corrected chi connectivity index (χ4v) is 5.40. The Labute approximate surface area is 286 Å². The molecular formula is C35H40F3N5O7. The van der Waals surface area contributed by atoms with Gasteiger partial charge in [0.1, 0.15) is 17.8 Å². The molecule has 1 aliphatic rings. The maximum atomic E-state index is 13.5. The highest BCUT2D eigenvalue weighted by atomic mass is 19.4. The van der Waals surface area contributed by atoms with Gasteiger partial charge in [-0.1, -0.05) is 72.8 Å². The number of carboxylic acids is 1. The minimum Gasteiger partial charge on any atom is -0.508 e. The molecule has 0 bridgehead atoms. The lowest BCUT2D eigenvalue weighted by Gasteiger charge is -2.28. The number of phenolic OH excluding ortho intramolecular Hbond substituents is 1. The van der Waals surface area contributed by atoms with Crippen molar-refractivity contribution in [3.05, 3.63) is 102 Å². The zero-order chi connectivity index (χ0) is 36.8. The number of primary amides is 1. The molecule has 3 aromatic carbocycles. The van der Waals surface area contributed by atoms with Crippen molar-refractivity contribution in [3.8, 4) is 5.75 Å². The van der Waals surface area contributed by atoms with Crippen LogP contribution in [0.1, 0.15) is 36.0 Å². The highest BCUT2D eigenvalue weighted by Crippen LogP contribution is 2.22. The van der Waals surface area contributed by atoms with Crippen LogP contribution in [0.15, 0.2) is 84.9 Å². The number of hydrogen-bond acceptors (Lipinski definition) is 7. The molecule has 1 fully saturated rings. The summed E-state index contributed by atoms with van der Waals surface area (Å²) in [5, 5.41) is 22.2. The smallest absolute Gasteiger partial charge is 0.490 e. The molecule has 4 amide bonds. The number of nitrogens with zero attached hydrogens (tertiary/aromatic N) is 1. The number of carbonyl (C=O) groups is 5. The summed E-state index contributed by atoms with van der Waals surface area (Å²) in [5.74, 6) is -4.45. The van der Waals surface area contributed by atoms with Crippen LogP contribution in [0.3, 0.4) is 0 Å². The van der Waals surface area contributed by atoms with E-state index in [0.29, 0.717) is 19.4 Å². The molecule has 4 atom stereocenters. The number of nitrogens with two attached hydrogens (primary N) is 2. The monoisotopic (exact) mass is 699 g/mol. The van der Waals surface area contributed by atoms with Crippen LogP contribution in [0.2, 0.25) is 0 Å². The molecule has 0 aliphatic carbocycles. The van der Waals surface area contributed by atoms with Crippen molar-refractivity contribution in [1.82, 2.24) is 15.5 Å². The summed E-state index contributed by atoms with van der Waals surface area (Å²) in [6, 6.07) is 22.0. The summed E-state index contributed by atoms with van der Waals surface area (Å²) in [7, 11) is 0. The van der Waals surface area contributed by atoms with Gasteiger partial charge in [0.05, 0.1) is 6.04 Å². The first kappa shape index (κ1) is 39.0. The number of carboxylic acid groups (broad SMARTS) is 1. The Bertz CT molecular complexity index is 1590. The molecule has 4 rings (SSSR count). The SMILES string of the molecule is NC(=O)[C@H](Cc1ccccc1)NC(=O)[C@H](Cc1ccccc1)NC(=O)C[C@@H]1CCCN1C(=O)[C@@H](N)Cc1ccc(O)cc1.O=C(O)C(F)(F)F. The summed E-state index contributed by atoms with van der Waals surface area (Å²) >= 11 is 0. The summed E-state index contributed by atoms with van der Waals surface area (Å²) in [5.41, 5.74) is 14.4. The van der Waals surface area contributed by atoms with Gasteiger partial charge in [0.25, 0.3) is 0 Å². The summed E-state index contributed by atoms with van der Waals surface area (Å²) < 4.78 is 31.7. The molecule has 0 spiro atoms. The molecule has 50 heavy (non-hydrogen) atoms. The average Bonchev–Trinajstić information content (AvgIpc) is 3.53. The number of benzene rings is 3. The van der Waals surface area contributed by atoms with E-state index in [1.807, 2.05) is 60.7 Å². The third kappa shape index (κ3) is 12.5. The molecule has 12 nitrogen and oxygen atoms in total. The lowest BCUT2D eigenvalue weighted by Crippen LogP contribution is -2.55. The van der Waals surface area contributed by atoms with Gasteiger partial charge in [0.2, 0.25) is 23.6 Å². The summed E-state index contributed by atoms with van der Waals surface area (Å²) in [6.07, 6.45) is -2.96. The predicted octanol–water partition coefficient (Wildman–Crippen LogP) is 2.22. The van der Waals surface area contributed by atoms with Gasteiger partial charge in [0.15, 0.2) is 0 Å². The summed E-state index contributed by atoms with van der Waals surface area (Å²) in [4.78, 5) is 62.7. The fraction of sp³-hybridized carbons (Fsp3) is 0.343. The zero-order valence-corrected chi connectivity index (χ0v) is 27.0. The van der Waals surface area contributed by atoms with Crippen LogP contribution in [0.25, 0.3) is 0 Å². The van der Waals surface area contributed by atoms with Gasteiger partial charge in [-0.05, 0) is 48.1 Å².